The van der Waals surface area contributed by atoms with Crippen molar-refractivity contribution >= 4 is 27.4 Å². The van der Waals surface area contributed by atoms with E-state index in [0.717, 1.165) is 16.9 Å². The van der Waals surface area contributed by atoms with E-state index in [0.29, 0.717) is 30.8 Å². The molecule has 1 heterocycles. The molecule has 0 unspecified atom stereocenters. The van der Waals surface area contributed by atoms with E-state index in [-0.39, 0.29) is 13.1 Å². The first-order chi connectivity index (χ1) is 12.1. The Morgan fingerprint density at radius 2 is 1.77 bits per heavy atom. The van der Waals surface area contributed by atoms with Gasteiger partial charge in [0.05, 0.1) is 27.2 Å². The number of quaternary nitrogens is 1. The molecule has 26 heavy (non-hydrogen) atoms. The molecule has 0 bridgehead atoms. The molecule has 0 amide bonds. The molecule has 0 aromatic heterocycles. The minimum absolute atomic E-state index is 0.0710. The second kappa shape index (κ2) is 8.51. The maximum Gasteiger partial charge on any atom is 0.246 e. The van der Waals surface area contributed by atoms with Gasteiger partial charge in [-0.2, -0.15) is 4.31 Å². The molecule has 0 saturated carbocycles. The molecule has 1 fully saturated rings. The molecule has 1 aliphatic rings. The number of nitrogens with zero attached hydrogens (tertiary/aromatic N) is 2. The molecule has 0 aliphatic carbocycles. The maximum atomic E-state index is 13.9. The maximum absolute atomic E-state index is 13.9. The van der Waals surface area contributed by atoms with E-state index >= 15 is 0 Å². The Balaban J connectivity index is 2.01. The van der Waals surface area contributed by atoms with Crippen molar-refractivity contribution in [2.75, 3.05) is 53.4 Å². The second-order valence-electron chi connectivity index (χ2n) is 6.25. The first-order valence-corrected chi connectivity index (χ1v) is 9.95. The number of thiocarbonyl (C=S) groups is 1. The van der Waals surface area contributed by atoms with Gasteiger partial charge in [-0.05, 0) is 24.4 Å². The Bertz CT molecular complexity index is 766. The van der Waals surface area contributed by atoms with E-state index in [1.807, 2.05) is 19.0 Å². The number of sulfonamides is 1. The van der Waals surface area contributed by atoms with Crippen LogP contribution in [0.5, 0.6) is 0 Å². The van der Waals surface area contributed by atoms with Crippen molar-refractivity contribution in [1.82, 2.24) is 14.5 Å². The van der Waals surface area contributed by atoms with Gasteiger partial charge in [-0.25, -0.2) is 21.6 Å². The number of benzene rings is 1. The fourth-order valence-electron chi connectivity index (χ4n) is 2.51. The lowest BCUT2D eigenvalue weighted by atomic mass is 10.3. The Morgan fingerprint density at radius 1 is 1.15 bits per heavy atom. The molecule has 0 atom stereocenters. The number of nitrogens with one attached hydrogen (secondary N) is 2. The second-order valence-corrected chi connectivity index (χ2v) is 8.55. The van der Waals surface area contributed by atoms with Crippen LogP contribution in [0.3, 0.4) is 0 Å². The third-order valence-corrected chi connectivity index (χ3v) is 6.36. The zero-order valence-corrected chi connectivity index (χ0v) is 16.2. The lowest BCUT2D eigenvalue weighted by Gasteiger charge is -2.35. The molecule has 1 saturated heterocycles. The summed E-state index contributed by atoms with van der Waals surface area (Å²) in [6.07, 6.45) is 0. The monoisotopic (exact) mass is 411 g/mol. The zero-order chi connectivity index (χ0) is 19.5. The van der Waals surface area contributed by atoms with Crippen molar-refractivity contribution in [1.29, 1.82) is 0 Å². The van der Waals surface area contributed by atoms with Crippen molar-refractivity contribution in [3.63, 3.8) is 0 Å². The molecule has 0 radical (unpaired) electrons. The summed E-state index contributed by atoms with van der Waals surface area (Å²) < 4.78 is 66.3. The van der Waals surface area contributed by atoms with Crippen LogP contribution < -0.4 is 10.2 Å². The molecule has 1 aromatic rings. The highest BCUT2D eigenvalue weighted by atomic mass is 32.2. The summed E-state index contributed by atoms with van der Waals surface area (Å²) in [6.45, 7) is 2.36. The SMILES string of the molecule is C[NH+](C)CCNC(=S)N1CCN(S(=O)(=O)c2ccc(F)c(F)c2F)CC1. The minimum atomic E-state index is -4.25. The van der Waals surface area contributed by atoms with Crippen molar-refractivity contribution in [2.24, 2.45) is 0 Å². The summed E-state index contributed by atoms with van der Waals surface area (Å²) in [5.74, 6) is -4.92. The van der Waals surface area contributed by atoms with Crippen molar-refractivity contribution in [2.45, 2.75) is 4.90 Å². The van der Waals surface area contributed by atoms with E-state index in [4.69, 9.17) is 12.2 Å². The van der Waals surface area contributed by atoms with Crippen LogP contribution in [-0.4, -0.2) is 76.1 Å². The Morgan fingerprint density at radius 3 is 2.35 bits per heavy atom. The van der Waals surface area contributed by atoms with Gasteiger partial charge in [0, 0.05) is 26.2 Å². The summed E-state index contributed by atoms with van der Waals surface area (Å²) in [7, 11) is -0.212. The molecule has 2 rings (SSSR count). The number of likely N-dealkylation sites (N-methyl/N-ethyl adjacent to an activating group) is 1. The molecule has 1 aromatic carbocycles. The highest BCUT2D eigenvalue weighted by Gasteiger charge is 2.32. The molecule has 2 N–H and O–H groups in total. The number of hydrogen-bond acceptors (Lipinski definition) is 3. The van der Waals surface area contributed by atoms with Crippen LogP contribution in [0.25, 0.3) is 0 Å². The van der Waals surface area contributed by atoms with Gasteiger partial charge in [0.15, 0.2) is 22.6 Å². The molecule has 1 aliphatic heterocycles. The summed E-state index contributed by atoms with van der Waals surface area (Å²) >= 11 is 5.29. The molecule has 146 valence electrons. The fourth-order valence-corrected chi connectivity index (χ4v) is 4.27. The van der Waals surface area contributed by atoms with Crippen LogP contribution in [-0.2, 0) is 10.0 Å². The summed E-state index contributed by atoms with van der Waals surface area (Å²) in [4.78, 5) is 2.23. The lowest BCUT2D eigenvalue weighted by molar-refractivity contribution is -0.856. The van der Waals surface area contributed by atoms with Gasteiger partial charge < -0.3 is 15.1 Å². The normalized spacial score (nSPS) is 16.2. The van der Waals surface area contributed by atoms with Crippen LogP contribution in [0.2, 0.25) is 0 Å². The number of rotatable bonds is 5. The largest absolute Gasteiger partial charge is 0.357 e. The van der Waals surface area contributed by atoms with Crippen molar-refractivity contribution < 1.29 is 26.5 Å². The molecule has 11 heteroatoms. The third kappa shape index (κ3) is 4.64. The predicted octanol–water partition coefficient (Wildman–Crippen LogP) is -0.571. The van der Waals surface area contributed by atoms with Gasteiger partial charge in [-0.15, -0.1) is 0 Å². The quantitative estimate of drug-likeness (QED) is 0.502. The average molecular weight is 411 g/mol. The Labute approximate surface area is 156 Å². The highest BCUT2D eigenvalue weighted by molar-refractivity contribution is 7.89. The standard InChI is InChI=1S/C15H21F3N4O2S2/c1-20(2)6-5-19-15(25)21-7-9-22(10-8-21)26(23,24)12-4-3-11(16)13(17)14(12)18/h3-4H,5-10H2,1-2H3,(H,19,25)/p+1. The van der Waals surface area contributed by atoms with Crippen LogP contribution in [0.15, 0.2) is 17.0 Å². The smallest absolute Gasteiger partial charge is 0.246 e. The van der Waals surface area contributed by atoms with E-state index < -0.39 is 32.4 Å². The fraction of sp³-hybridized carbons (Fsp3) is 0.533. The van der Waals surface area contributed by atoms with E-state index in [2.05, 4.69) is 5.32 Å². The highest BCUT2D eigenvalue weighted by Crippen LogP contribution is 2.23. The van der Waals surface area contributed by atoms with Crippen molar-refractivity contribution in [3.05, 3.63) is 29.6 Å². The van der Waals surface area contributed by atoms with Crippen LogP contribution in [0.1, 0.15) is 0 Å². The van der Waals surface area contributed by atoms with Gasteiger partial charge in [0.2, 0.25) is 10.0 Å². The lowest BCUT2D eigenvalue weighted by Crippen LogP contribution is -3.06. The third-order valence-electron chi connectivity index (χ3n) is 4.04. The first kappa shape index (κ1) is 20.9. The number of halogens is 3. The van der Waals surface area contributed by atoms with Gasteiger partial charge in [-0.1, -0.05) is 0 Å². The Kier molecular flexibility index (Phi) is 6.83. The molecule has 0 spiro atoms. The van der Waals surface area contributed by atoms with Gasteiger partial charge >= 0.3 is 0 Å². The average Bonchev–Trinajstić information content (AvgIpc) is 2.59. The van der Waals surface area contributed by atoms with Crippen LogP contribution in [0.4, 0.5) is 13.2 Å². The van der Waals surface area contributed by atoms with E-state index in [1.165, 1.54) is 4.90 Å². The van der Waals surface area contributed by atoms with Gasteiger partial charge in [0.25, 0.3) is 0 Å². The number of hydrogen-bond donors (Lipinski definition) is 2. The summed E-state index contributed by atoms with van der Waals surface area (Å²) in [5, 5.41) is 3.64. The van der Waals surface area contributed by atoms with E-state index in [9.17, 15) is 21.6 Å². The van der Waals surface area contributed by atoms with Crippen molar-refractivity contribution in [3.8, 4) is 0 Å². The number of piperazine rings is 1. The van der Waals surface area contributed by atoms with Gasteiger partial charge in [0.1, 0.15) is 4.90 Å². The molecule has 6 nitrogen and oxygen atoms in total. The van der Waals surface area contributed by atoms with Crippen LogP contribution >= 0.6 is 12.2 Å². The van der Waals surface area contributed by atoms with Crippen LogP contribution in [0, 0.1) is 17.5 Å². The zero-order valence-electron chi connectivity index (χ0n) is 14.6. The van der Waals surface area contributed by atoms with E-state index in [1.54, 1.807) is 0 Å². The topological polar surface area (TPSA) is 57.1 Å². The summed E-state index contributed by atoms with van der Waals surface area (Å²) in [6, 6.07) is 1.35. The Hall–Kier alpha value is -1.43. The predicted molar refractivity (Wildman–Crippen MR) is 94.9 cm³/mol. The molecular weight excluding hydrogens is 389 g/mol. The summed E-state index contributed by atoms with van der Waals surface area (Å²) in [5.41, 5.74) is 0. The first-order valence-electron chi connectivity index (χ1n) is 8.10. The van der Waals surface area contributed by atoms with Gasteiger partial charge in [-0.3, -0.25) is 0 Å². The molecular formula is C15H22F3N4O2S2+. The minimum Gasteiger partial charge on any atom is -0.357 e.